The third-order valence-electron chi connectivity index (χ3n) is 5.86. The maximum atomic E-state index is 13.1. The van der Waals surface area contributed by atoms with Crippen molar-refractivity contribution in [1.29, 1.82) is 0 Å². The first-order valence-electron chi connectivity index (χ1n) is 10.6. The minimum Gasteiger partial charge on any atom is -0.347 e. The van der Waals surface area contributed by atoms with Gasteiger partial charge in [0.15, 0.2) is 5.69 Å². The number of hydrogen-bond donors (Lipinski definition) is 1. The molecule has 31 heavy (non-hydrogen) atoms. The van der Waals surface area contributed by atoms with Gasteiger partial charge in [-0.25, -0.2) is 4.68 Å². The molecule has 1 unspecified atom stereocenters. The van der Waals surface area contributed by atoms with Gasteiger partial charge in [-0.05, 0) is 55.5 Å². The molecule has 0 saturated carbocycles. The molecule has 0 bridgehead atoms. The summed E-state index contributed by atoms with van der Waals surface area (Å²) in [5.41, 5.74) is 4.31. The van der Waals surface area contributed by atoms with Crippen LogP contribution in [0.3, 0.4) is 0 Å². The predicted octanol–water partition coefficient (Wildman–Crippen LogP) is 3.13. The van der Waals surface area contributed by atoms with E-state index >= 15 is 0 Å². The van der Waals surface area contributed by atoms with Crippen molar-refractivity contribution in [3.05, 3.63) is 82.7 Å². The van der Waals surface area contributed by atoms with Gasteiger partial charge >= 0.3 is 0 Å². The first kappa shape index (κ1) is 20.8. The van der Waals surface area contributed by atoms with Gasteiger partial charge in [0.2, 0.25) is 0 Å². The van der Waals surface area contributed by atoms with Crippen molar-refractivity contribution in [3.63, 3.8) is 0 Å². The molecule has 4 rings (SSSR count). The van der Waals surface area contributed by atoms with Gasteiger partial charge in [-0.3, -0.25) is 9.59 Å². The van der Waals surface area contributed by atoms with E-state index in [2.05, 4.69) is 15.6 Å². The third-order valence-corrected chi connectivity index (χ3v) is 5.86. The minimum absolute atomic E-state index is 0.0380. The molecular weight excluding hydrogens is 390 g/mol. The summed E-state index contributed by atoms with van der Waals surface area (Å²) < 4.78 is 1.66. The molecule has 0 aliphatic carbocycles. The zero-order chi connectivity index (χ0) is 21.8. The van der Waals surface area contributed by atoms with Crippen LogP contribution in [0.4, 0.5) is 0 Å². The molecule has 160 valence electrons. The van der Waals surface area contributed by atoms with Gasteiger partial charge in [-0.15, -0.1) is 5.10 Å². The highest BCUT2D eigenvalue weighted by Gasteiger charge is 2.30. The summed E-state index contributed by atoms with van der Waals surface area (Å²) in [4.78, 5) is 27.4. The quantitative estimate of drug-likeness (QED) is 0.668. The lowest BCUT2D eigenvalue weighted by molar-refractivity contribution is 0.0720. The van der Waals surface area contributed by atoms with Gasteiger partial charge in [0.25, 0.3) is 11.8 Å². The average Bonchev–Trinajstić information content (AvgIpc) is 3.44. The lowest BCUT2D eigenvalue weighted by atomic mass is 10.1. The van der Waals surface area contributed by atoms with E-state index in [-0.39, 0.29) is 23.6 Å². The number of aromatic nitrogens is 3. The minimum atomic E-state index is -0.260. The first-order chi connectivity index (χ1) is 15.0. The number of benzene rings is 2. The Bertz CT molecular complexity index is 1080. The van der Waals surface area contributed by atoms with E-state index in [4.69, 9.17) is 0 Å². The number of likely N-dealkylation sites (tertiary alicyclic amines) is 1. The Hall–Kier alpha value is -3.48. The molecular formula is C24H27N5O2. The van der Waals surface area contributed by atoms with E-state index in [1.165, 1.54) is 5.56 Å². The van der Waals surface area contributed by atoms with Crippen molar-refractivity contribution in [2.75, 3.05) is 6.54 Å². The first-order valence-corrected chi connectivity index (χ1v) is 10.6. The molecule has 1 N–H and O–H groups in total. The number of nitrogens with one attached hydrogen (secondary N) is 1. The summed E-state index contributed by atoms with van der Waals surface area (Å²) in [6.45, 7) is 5.76. The van der Waals surface area contributed by atoms with E-state index in [0.717, 1.165) is 36.1 Å². The Morgan fingerprint density at radius 2 is 1.90 bits per heavy atom. The zero-order valence-corrected chi connectivity index (χ0v) is 17.9. The Morgan fingerprint density at radius 1 is 1.10 bits per heavy atom. The van der Waals surface area contributed by atoms with Gasteiger partial charge in [0.05, 0.1) is 18.8 Å². The van der Waals surface area contributed by atoms with Gasteiger partial charge in [0.1, 0.15) is 0 Å². The van der Waals surface area contributed by atoms with Crippen LogP contribution in [-0.2, 0) is 13.1 Å². The van der Waals surface area contributed by atoms with E-state index < -0.39 is 0 Å². The molecule has 2 amide bonds. The molecule has 3 aromatic rings. The number of amides is 2. The number of nitrogens with zero attached hydrogens (tertiary/aromatic N) is 4. The van der Waals surface area contributed by atoms with Crippen LogP contribution in [0, 0.1) is 13.8 Å². The monoisotopic (exact) mass is 417 g/mol. The molecule has 1 aliphatic rings. The van der Waals surface area contributed by atoms with Crippen molar-refractivity contribution < 1.29 is 9.59 Å². The molecule has 7 nitrogen and oxygen atoms in total. The van der Waals surface area contributed by atoms with Gasteiger partial charge in [-0.2, -0.15) is 0 Å². The number of carbonyl (C=O) groups excluding carboxylic acids is 2. The highest BCUT2D eigenvalue weighted by molar-refractivity contribution is 5.95. The summed E-state index contributed by atoms with van der Waals surface area (Å²) in [5, 5.41) is 11.0. The van der Waals surface area contributed by atoms with Crippen molar-refractivity contribution >= 4 is 11.8 Å². The molecule has 0 spiro atoms. The fourth-order valence-corrected chi connectivity index (χ4v) is 3.91. The van der Waals surface area contributed by atoms with E-state index in [0.29, 0.717) is 13.1 Å². The normalized spacial score (nSPS) is 15.8. The maximum absolute atomic E-state index is 13.1. The fourth-order valence-electron chi connectivity index (χ4n) is 3.91. The third kappa shape index (κ3) is 4.82. The molecule has 1 fully saturated rings. The van der Waals surface area contributed by atoms with Crippen LogP contribution in [0.25, 0.3) is 0 Å². The topological polar surface area (TPSA) is 80.1 Å². The highest BCUT2D eigenvalue weighted by Crippen LogP contribution is 2.22. The number of rotatable bonds is 6. The highest BCUT2D eigenvalue weighted by atomic mass is 16.2. The van der Waals surface area contributed by atoms with E-state index in [1.807, 2.05) is 67.3 Å². The van der Waals surface area contributed by atoms with Gasteiger partial charge < -0.3 is 10.2 Å². The zero-order valence-electron chi connectivity index (χ0n) is 17.9. The Kier molecular flexibility index (Phi) is 6.11. The van der Waals surface area contributed by atoms with Crippen molar-refractivity contribution in [3.8, 4) is 0 Å². The molecule has 7 heteroatoms. The lowest BCUT2D eigenvalue weighted by Crippen LogP contribution is -2.38. The summed E-state index contributed by atoms with van der Waals surface area (Å²) in [5.74, 6) is -0.212. The number of carbonyl (C=O) groups is 2. The molecule has 1 aromatic heterocycles. The largest absolute Gasteiger partial charge is 0.347 e. The second-order valence-corrected chi connectivity index (χ2v) is 8.09. The van der Waals surface area contributed by atoms with Crippen LogP contribution >= 0.6 is 0 Å². The summed E-state index contributed by atoms with van der Waals surface area (Å²) in [6, 6.07) is 15.6. The average molecular weight is 418 g/mol. The molecule has 2 heterocycles. The van der Waals surface area contributed by atoms with Crippen LogP contribution in [0.2, 0.25) is 0 Å². The number of hydrogen-bond acceptors (Lipinski definition) is 4. The second kappa shape index (κ2) is 9.12. The smallest absolute Gasteiger partial charge is 0.273 e. The molecule has 1 atom stereocenters. The lowest BCUT2D eigenvalue weighted by Gasteiger charge is -2.25. The van der Waals surface area contributed by atoms with Gasteiger partial charge in [0, 0.05) is 18.7 Å². The summed E-state index contributed by atoms with van der Waals surface area (Å²) in [7, 11) is 0. The molecule has 0 radical (unpaired) electrons. The Morgan fingerprint density at radius 3 is 2.68 bits per heavy atom. The molecule has 1 aliphatic heterocycles. The van der Waals surface area contributed by atoms with Crippen LogP contribution < -0.4 is 5.32 Å². The van der Waals surface area contributed by atoms with E-state index in [9.17, 15) is 9.59 Å². The van der Waals surface area contributed by atoms with Crippen molar-refractivity contribution in [1.82, 2.24) is 25.2 Å². The summed E-state index contributed by atoms with van der Waals surface area (Å²) in [6.07, 6.45) is 3.52. The maximum Gasteiger partial charge on any atom is 0.273 e. The van der Waals surface area contributed by atoms with Gasteiger partial charge in [-0.1, -0.05) is 41.6 Å². The molecule has 2 aromatic carbocycles. The number of aryl methyl sites for hydroxylation is 2. The van der Waals surface area contributed by atoms with Crippen LogP contribution in [-0.4, -0.2) is 44.3 Å². The van der Waals surface area contributed by atoms with E-state index in [1.54, 1.807) is 10.9 Å². The predicted molar refractivity (Wildman–Crippen MR) is 118 cm³/mol. The van der Waals surface area contributed by atoms with Crippen molar-refractivity contribution in [2.45, 2.75) is 45.8 Å². The van der Waals surface area contributed by atoms with Crippen LogP contribution in [0.1, 0.15) is 50.4 Å². The van der Waals surface area contributed by atoms with Crippen LogP contribution in [0.5, 0.6) is 0 Å². The summed E-state index contributed by atoms with van der Waals surface area (Å²) >= 11 is 0. The Balaban J connectivity index is 1.38. The van der Waals surface area contributed by atoms with Crippen LogP contribution in [0.15, 0.2) is 54.7 Å². The fraction of sp³-hybridized carbons (Fsp3) is 0.333. The SMILES string of the molecule is Cc1ccc(C(=O)N2CCCC2Cn2cc(C(=O)NCc3ccccc3)nn2)cc1C. The standard InChI is InChI=1S/C24H27N5O2/c1-17-10-11-20(13-18(17)2)24(31)29-12-6-9-21(29)15-28-16-22(26-27-28)23(30)25-14-19-7-4-3-5-8-19/h3-5,7-8,10-11,13,16,21H,6,9,12,14-15H2,1-2H3,(H,25,30). The van der Waals surface area contributed by atoms with Crippen molar-refractivity contribution in [2.24, 2.45) is 0 Å². The molecule has 1 saturated heterocycles. The Labute approximate surface area is 182 Å². The second-order valence-electron chi connectivity index (χ2n) is 8.09.